The van der Waals surface area contributed by atoms with Crippen LogP contribution in [0.25, 0.3) is 0 Å². The van der Waals surface area contributed by atoms with E-state index in [2.05, 4.69) is 0 Å². The first-order chi connectivity index (χ1) is 9.28. The Morgan fingerprint density at radius 3 is 2.70 bits per heavy atom. The maximum absolute atomic E-state index is 13.5. The maximum Gasteiger partial charge on any atom is 0.303 e. The van der Waals surface area contributed by atoms with Crippen LogP contribution in [0.2, 0.25) is 5.02 Å². The maximum atomic E-state index is 13.5. The number of halogens is 2. The third-order valence-electron chi connectivity index (χ3n) is 3.13. The Balaban J connectivity index is 2.02. The van der Waals surface area contributed by atoms with Crippen LogP contribution >= 0.6 is 11.6 Å². The van der Waals surface area contributed by atoms with Crippen molar-refractivity contribution in [2.45, 2.75) is 12.2 Å². The number of sulfonamides is 1. The Hall–Kier alpha value is -1.18. The first-order valence-corrected chi connectivity index (χ1v) is 7.90. The molecule has 1 heterocycles. The van der Waals surface area contributed by atoms with Crippen LogP contribution in [0.5, 0.6) is 0 Å². The number of benzene rings is 1. The van der Waals surface area contributed by atoms with Crippen molar-refractivity contribution in [2.75, 3.05) is 13.1 Å². The van der Waals surface area contributed by atoms with Crippen molar-refractivity contribution in [3.05, 3.63) is 34.6 Å². The van der Waals surface area contributed by atoms with Crippen LogP contribution in [-0.4, -0.2) is 36.9 Å². The van der Waals surface area contributed by atoms with E-state index >= 15 is 0 Å². The minimum atomic E-state index is -3.64. The molecule has 0 aliphatic carbocycles. The van der Waals surface area contributed by atoms with Crippen molar-refractivity contribution in [2.24, 2.45) is 5.92 Å². The summed E-state index contributed by atoms with van der Waals surface area (Å²) in [6.07, 6.45) is -0.0580. The summed E-state index contributed by atoms with van der Waals surface area (Å²) in [5.41, 5.74) is 0.0131. The van der Waals surface area contributed by atoms with Gasteiger partial charge >= 0.3 is 5.97 Å². The number of carbonyl (C=O) groups is 1. The normalized spacial score (nSPS) is 16.9. The van der Waals surface area contributed by atoms with Crippen LogP contribution in [0.1, 0.15) is 12.0 Å². The summed E-state index contributed by atoms with van der Waals surface area (Å²) >= 11 is 5.71. The number of hydrogen-bond acceptors (Lipinski definition) is 3. The molecule has 0 amide bonds. The van der Waals surface area contributed by atoms with E-state index < -0.39 is 27.6 Å². The lowest BCUT2D eigenvalue weighted by molar-refractivity contribution is -0.139. The van der Waals surface area contributed by atoms with Gasteiger partial charge in [-0.1, -0.05) is 11.6 Å². The minimum absolute atomic E-state index is 0.0131. The zero-order valence-electron chi connectivity index (χ0n) is 10.4. The Labute approximate surface area is 121 Å². The molecule has 1 aliphatic rings. The van der Waals surface area contributed by atoms with Gasteiger partial charge < -0.3 is 5.11 Å². The molecule has 1 aromatic rings. The molecule has 0 aromatic heterocycles. The van der Waals surface area contributed by atoms with Gasteiger partial charge in [0.25, 0.3) is 0 Å². The van der Waals surface area contributed by atoms with E-state index in [-0.39, 0.29) is 36.0 Å². The van der Waals surface area contributed by atoms with Gasteiger partial charge in [0.2, 0.25) is 10.0 Å². The lowest BCUT2D eigenvalue weighted by atomic mass is 10.00. The van der Waals surface area contributed by atoms with Crippen molar-refractivity contribution in [3.8, 4) is 0 Å². The second-order valence-corrected chi connectivity index (χ2v) is 7.18. The summed E-state index contributed by atoms with van der Waals surface area (Å²) in [6.45, 7) is 0.327. The Kier molecular flexibility index (Phi) is 4.31. The summed E-state index contributed by atoms with van der Waals surface area (Å²) in [5.74, 6) is -2.22. The number of carboxylic acids is 1. The summed E-state index contributed by atoms with van der Waals surface area (Å²) in [7, 11) is -3.64. The summed E-state index contributed by atoms with van der Waals surface area (Å²) < 4.78 is 38.8. The second-order valence-electron chi connectivity index (χ2n) is 4.77. The molecule has 1 fully saturated rings. The van der Waals surface area contributed by atoms with Crippen molar-refractivity contribution >= 4 is 27.6 Å². The smallest absolute Gasteiger partial charge is 0.303 e. The van der Waals surface area contributed by atoms with Crippen LogP contribution in [0.15, 0.2) is 18.2 Å². The molecule has 110 valence electrons. The van der Waals surface area contributed by atoms with Crippen LogP contribution in [-0.2, 0) is 20.6 Å². The molecule has 1 N–H and O–H groups in total. The molecule has 1 aliphatic heterocycles. The van der Waals surface area contributed by atoms with Crippen LogP contribution in [0, 0.1) is 11.7 Å². The van der Waals surface area contributed by atoms with Gasteiger partial charge in [0.05, 0.1) is 12.2 Å². The lowest BCUT2D eigenvalue weighted by Crippen LogP contribution is -2.50. The van der Waals surface area contributed by atoms with Crippen molar-refractivity contribution in [1.29, 1.82) is 0 Å². The Morgan fingerprint density at radius 1 is 1.45 bits per heavy atom. The molecule has 20 heavy (non-hydrogen) atoms. The molecular formula is C12H13ClFNO4S. The van der Waals surface area contributed by atoms with E-state index in [1.807, 2.05) is 0 Å². The molecule has 5 nitrogen and oxygen atoms in total. The summed E-state index contributed by atoms with van der Waals surface area (Å²) in [6, 6.07) is 3.75. The van der Waals surface area contributed by atoms with Crippen LogP contribution in [0.4, 0.5) is 4.39 Å². The van der Waals surface area contributed by atoms with Gasteiger partial charge in [-0.05, 0) is 24.1 Å². The minimum Gasteiger partial charge on any atom is -0.481 e. The summed E-state index contributed by atoms with van der Waals surface area (Å²) in [4.78, 5) is 10.5. The Bertz CT molecular complexity index is 628. The van der Waals surface area contributed by atoms with E-state index in [4.69, 9.17) is 16.7 Å². The molecule has 8 heteroatoms. The third-order valence-corrected chi connectivity index (χ3v) is 5.12. The molecular weight excluding hydrogens is 309 g/mol. The fourth-order valence-corrected chi connectivity index (χ4v) is 3.93. The van der Waals surface area contributed by atoms with Crippen LogP contribution < -0.4 is 0 Å². The average molecular weight is 322 g/mol. The fraction of sp³-hybridized carbons (Fsp3) is 0.417. The molecule has 0 unspecified atom stereocenters. The zero-order chi connectivity index (χ0) is 14.9. The highest BCUT2D eigenvalue weighted by atomic mass is 35.5. The largest absolute Gasteiger partial charge is 0.481 e. The monoisotopic (exact) mass is 321 g/mol. The lowest BCUT2D eigenvalue weighted by Gasteiger charge is -2.37. The number of carboxylic acid groups (broad SMARTS) is 1. The van der Waals surface area contributed by atoms with Gasteiger partial charge in [0.1, 0.15) is 5.82 Å². The average Bonchev–Trinajstić information content (AvgIpc) is 2.27. The number of hydrogen-bond donors (Lipinski definition) is 1. The first kappa shape index (κ1) is 15.2. The molecule has 1 saturated heterocycles. The Morgan fingerprint density at radius 2 is 2.10 bits per heavy atom. The molecule has 0 radical (unpaired) electrons. The molecule has 0 spiro atoms. The van der Waals surface area contributed by atoms with Crippen molar-refractivity contribution < 1.29 is 22.7 Å². The van der Waals surface area contributed by atoms with Gasteiger partial charge in [0, 0.05) is 23.7 Å². The van der Waals surface area contributed by atoms with Gasteiger partial charge in [-0.3, -0.25) is 4.79 Å². The van der Waals surface area contributed by atoms with Gasteiger partial charge in [-0.2, -0.15) is 0 Å². The zero-order valence-corrected chi connectivity index (χ0v) is 12.0. The topological polar surface area (TPSA) is 74.7 Å². The van der Waals surface area contributed by atoms with Gasteiger partial charge in [-0.15, -0.1) is 0 Å². The SMILES string of the molecule is O=C(O)CC1CN(S(=O)(=O)Cc2cc(Cl)ccc2F)C1. The van der Waals surface area contributed by atoms with Gasteiger partial charge in [-0.25, -0.2) is 17.1 Å². The molecule has 0 saturated carbocycles. The highest BCUT2D eigenvalue weighted by Gasteiger charge is 2.36. The molecule has 0 atom stereocenters. The standard InChI is InChI=1S/C12H13ClFNO4S/c13-10-1-2-11(14)9(4-10)7-20(18,19)15-5-8(6-15)3-12(16)17/h1-2,4,8H,3,5-7H2,(H,16,17). The molecule has 0 bridgehead atoms. The quantitative estimate of drug-likeness (QED) is 0.896. The third kappa shape index (κ3) is 3.47. The predicted molar refractivity (Wildman–Crippen MR) is 71.3 cm³/mol. The van der Waals surface area contributed by atoms with Gasteiger partial charge in [0.15, 0.2) is 0 Å². The van der Waals surface area contributed by atoms with E-state index in [1.165, 1.54) is 16.4 Å². The van der Waals surface area contributed by atoms with E-state index in [0.29, 0.717) is 0 Å². The van der Waals surface area contributed by atoms with E-state index in [1.54, 1.807) is 0 Å². The highest BCUT2D eigenvalue weighted by Crippen LogP contribution is 2.26. The first-order valence-electron chi connectivity index (χ1n) is 5.91. The van der Waals surface area contributed by atoms with Crippen molar-refractivity contribution in [1.82, 2.24) is 4.31 Å². The van der Waals surface area contributed by atoms with Crippen LogP contribution in [0.3, 0.4) is 0 Å². The second kappa shape index (κ2) is 5.67. The van der Waals surface area contributed by atoms with E-state index in [0.717, 1.165) is 6.07 Å². The molecule has 1 aromatic carbocycles. The number of nitrogens with zero attached hydrogens (tertiary/aromatic N) is 1. The predicted octanol–water partition coefficient (Wildman–Crippen LogP) is 1.72. The van der Waals surface area contributed by atoms with E-state index in [9.17, 15) is 17.6 Å². The number of aliphatic carboxylic acids is 1. The fourth-order valence-electron chi connectivity index (χ4n) is 2.07. The number of rotatable bonds is 5. The molecule has 2 rings (SSSR count). The summed E-state index contributed by atoms with van der Waals surface area (Å²) in [5, 5.41) is 8.88. The highest BCUT2D eigenvalue weighted by molar-refractivity contribution is 7.88. The van der Waals surface area contributed by atoms with Crippen molar-refractivity contribution in [3.63, 3.8) is 0 Å².